The average Bonchev–Trinajstić information content (AvgIpc) is 2.84. The highest BCUT2D eigenvalue weighted by Gasteiger charge is 2.12. The molecule has 4 aromatic rings. The minimum absolute atomic E-state index is 0.00478. The number of hydrogen-bond acceptors (Lipinski definition) is 5. The van der Waals surface area contributed by atoms with Gasteiger partial charge in [0.05, 0.1) is 12.8 Å². The van der Waals surface area contributed by atoms with Crippen LogP contribution in [0.4, 0.5) is 5.82 Å². The predicted octanol–water partition coefficient (Wildman–Crippen LogP) is 4.80. The third kappa shape index (κ3) is 5.27. The normalized spacial score (nSPS) is 11.7. The summed E-state index contributed by atoms with van der Waals surface area (Å²) < 4.78 is 5.29. The maximum atomic E-state index is 6.34. The van der Waals surface area contributed by atoms with Crippen LogP contribution in [0.3, 0.4) is 0 Å². The minimum Gasteiger partial charge on any atom is -0.497 e. The molecule has 5 nitrogen and oxygen atoms in total. The number of benzene rings is 2. The van der Waals surface area contributed by atoms with Gasteiger partial charge in [-0.2, -0.15) is 0 Å². The lowest BCUT2D eigenvalue weighted by Crippen LogP contribution is -2.31. The number of anilines is 1. The van der Waals surface area contributed by atoms with E-state index in [4.69, 9.17) is 15.5 Å². The fraction of sp³-hybridized carbons (Fsp3) is 0.154. The lowest BCUT2D eigenvalue weighted by atomic mass is 9.99. The monoisotopic (exact) mass is 410 g/mol. The van der Waals surface area contributed by atoms with Crippen molar-refractivity contribution in [3.63, 3.8) is 0 Å². The Kier molecular flexibility index (Phi) is 6.55. The number of aromatic nitrogens is 2. The molecule has 4 rings (SSSR count). The standard InChI is InChI=1S/C26H26N4O/c1-31-23-9-7-20(8-10-23)24-11-12-25(30-26(24)21-13-15-28-16-14-21)29-18-22(27)17-19-5-3-2-4-6-19/h2-16,22H,17-18,27H2,1H3,(H,29,30). The zero-order chi connectivity index (χ0) is 21.5. The quantitative estimate of drug-likeness (QED) is 0.436. The minimum atomic E-state index is -0.00478. The van der Waals surface area contributed by atoms with Gasteiger partial charge in [-0.15, -0.1) is 0 Å². The van der Waals surface area contributed by atoms with Gasteiger partial charge in [-0.3, -0.25) is 4.98 Å². The second-order valence-corrected chi connectivity index (χ2v) is 7.39. The molecule has 0 saturated carbocycles. The van der Waals surface area contributed by atoms with Crippen LogP contribution >= 0.6 is 0 Å². The number of pyridine rings is 2. The molecule has 0 bridgehead atoms. The first-order chi connectivity index (χ1) is 15.2. The summed E-state index contributed by atoms with van der Waals surface area (Å²) in [6, 6.07) is 26.3. The molecule has 0 radical (unpaired) electrons. The molecule has 1 unspecified atom stereocenters. The summed E-state index contributed by atoms with van der Waals surface area (Å²) in [5.74, 6) is 1.63. The second-order valence-electron chi connectivity index (χ2n) is 7.39. The molecule has 2 aromatic heterocycles. The maximum absolute atomic E-state index is 6.34. The Morgan fingerprint density at radius 3 is 2.32 bits per heavy atom. The number of nitrogens with two attached hydrogens (primary N) is 1. The Hall–Kier alpha value is -3.70. The topological polar surface area (TPSA) is 73.1 Å². The van der Waals surface area contributed by atoms with Crippen molar-refractivity contribution >= 4 is 5.82 Å². The van der Waals surface area contributed by atoms with Gasteiger partial charge in [0, 0.05) is 36.1 Å². The van der Waals surface area contributed by atoms with E-state index >= 15 is 0 Å². The molecule has 0 amide bonds. The summed E-state index contributed by atoms with van der Waals surface area (Å²) in [4.78, 5) is 9.06. The van der Waals surface area contributed by atoms with Crippen LogP contribution in [-0.2, 0) is 6.42 Å². The number of rotatable bonds is 8. The Morgan fingerprint density at radius 2 is 1.61 bits per heavy atom. The van der Waals surface area contributed by atoms with Crippen LogP contribution in [0.1, 0.15) is 5.56 Å². The molecule has 0 fully saturated rings. The van der Waals surface area contributed by atoms with E-state index in [0.717, 1.165) is 40.4 Å². The van der Waals surface area contributed by atoms with E-state index in [1.807, 2.05) is 60.7 Å². The van der Waals surface area contributed by atoms with E-state index in [-0.39, 0.29) is 6.04 Å². The van der Waals surface area contributed by atoms with Crippen molar-refractivity contribution in [3.05, 3.63) is 96.8 Å². The first-order valence-corrected chi connectivity index (χ1v) is 10.3. The summed E-state index contributed by atoms with van der Waals surface area (Å²) in [6.07, 6.45) is 4.38. The van der Waals surface area contributed by atoms with Crippen molar-refractivity contribution in [1.29, 1.82) is 0 Å². The molecule has 2 aromatic carbocycles. The zero-order valence-electron chi connectivity index (χ0n) is 17.5. The zero-order valence-corrected chi connectivity index (χ0v) is 17.5. The highest BCUT2D eigenvalue weighted by atomic mass is 16.5. The van der Waals surface area contributed by atoms with Crippen LogP contribution in [0.2, 0.25) is 0 Å². The number of ether oxygens (including phenoxy) is 1. The molecule has 0 spiro atoms. The molecule has 31 heavy (non-hydrogen) atoms. The van der Waals surface area contributed by atoms with Crippen molar-refractivity contribution in [2.24, 2.45) is 5.73 Å². The molecule has 3 N–H and O–H groups in total. The van der Waals surface area contributed by atoms with Crippen LogP contribution < -0.4 is 15.8 Å². The summed E-state index contributed by atoms with van der Waals surface area (Å²) in [5.41, 5.74) is 11.6. The van der Waals surface area contributed by atoms with Crippen LogP contribution in [0.5, 0.6) is 5.75 Å². The third-order valence-electron chi connectivity index (χ3n) is 5.14. The van der Waals surface area contributed by atoms with Crippen molar-refractivity contribution < 1.29 is 4.74 Å². The van der Waals surface area contributed by atoms with E-state index in [1.54, 1.807) is 19.5 Å². The second kappa shape index (κ2) is 9.87. The molecule has 1 atom stereocenters. The summed E-state index contributed by atoms with van der Waals surface area (Å²) >= 11 is 0. The van der Waals surface area contributed by atoms with Crippen LogP contribution in [-0.4, -0.2) is 29.7 Å². The van der Waals surface area contributed by atoms with Crippen LogP contribution in [0.15, 0.2) is 91.3 Å². The first-order valence-electron chi connectivity index (χ1n) is 10.3. The molecule has 0 aliphatic heterocycles. The molecular formula is C26H26N4O. The maximum Gasteiger partial charge on any atom is 0.126 e. The van der Waals surface area contributed by atoms with Gasteiger partial charge >= 0.3 is 0 Å². The van der Waals surface area contributed by atoms with E-state index in [9.17, 15) is 0 Å². The van der Waals surface area contributed by atoms with Gasteiger partial charge in [-0.05, 0) is 53.9 Å². The third-order valence-corrected chi connectivity index (χ3v) is 5.14. The lowest BCUT2D eigenvalue weighted by Gasteiger charge is -2.16. The van der Waals surface area contributed by atoms with Gasteiger partial charge in [0.25, 0.3) is 0 Å². The SMILES string of the molecule is COc1ccc(-c2ccc(NCC(N)Cc3ccccc3)nc2-c2ccncc2)cc1. The van der Waals surface area contributed by atoms with Crippen molar-refractivity contribution in [2.45, 2.75) is 12.5 Å². The first kappa shape index (κ1) is 20.6. The van der Waals surface area contributed by atoms with Crippen LogP contribution in [0.25, 0.3) is 22.4 Å². The Balaban J connectivity index is 1.57. The van der Waals surface area contributed by atoms with E-state index < -0.39 is 0 Å². The highest BCUT2D eigenvalue weighted by Crippen LogP contribution is 2.32. The number of nitrogens with zero attached hydrogens (tertiary/aromatic N) is 2. The van der Waals surface area contributed by atoms with Gasteiger partial charge < -0.3 is 15.8 Å². The molecule has 0 saturated heterocycles. The molecule has 2 heterocycles. The highest BCUT2D eigenvalue weighted by molar-refractivity contribution is 5.82. The molecule has 0 aliphatic carbocycles. The molecular weight excluding hydrogens is 384 g/mol. The van der Waals surface area contributed by atoms with Crippen molar-refractivity contribution in [3.8, 4) is 28.1 Å². The fourth-order valence-electron chi connectivity index (χ4n) is 3.52. The summed E-state index contributed by atoms with van der Waals surface area (Å²) in [5, 5.41) is 3.40. The lowest BCUT2D eigenvalue weighted by molar-refractivity contribution is 0.415. The van der Waals surface area contributed by atoms with E-state index in [1.165, 1.54) is 5.56 Å². The van der Waals surface area contributed by atoms with E-state index in [0.29, 0.717) is 6.54 Å². The average molecular weight is 411 g/mol. The van der Waals surface area contributed by atoms with Crippen molar-refractivity contribution in [1.82, 2.24) is 9.97 Å². The van der Waals surface area contributed by atoms with Gasteiger partial charge in [-0.25, -0.2) is 4.98 Å². The van der Waals surface area contributed by atoms with Crippen LogP contribution in [0, 0.1) is 0 Å². The Bertz CT molecular complexity index is 1100. The van der Waals surface area contributed by atoms with Crippen molar-refractivity contribution in [2.75, 3.05) is 19.0 Å². The van der Waals surface area contributed by atoms with Gasteiger partial charge in [-0.1, -0.05) is 42.5 Å². The van der Waals surface area contributed by atoms with Gasteiger partial charge in [0.15, 0.2) is 0 Å². The number of methoxy groups -OCH3 is 1. The van der Waals surface area contributed by atoms with Gasteiger partial charge in [0.1, 0.15) is 11.6 Å². The predicted molar refractivity (Wildman–Crippen MR) is 126 cm³/mol. The fourth-order valence-corrected chi connectivity index (χ4v) is 3.52. The summed E-state index contributed by atoms with van der Waals surface area (Å²) in [6.45, 7) is 0.638. The Morgan fingerprint density at radius 1 is 0.871 bits per heavy atom. The number of nitrogens with one attached hydrogen (secondary N) is 1. The molecule has 156 valence electrons. The largest absolute Gasteiger partial charge is 0.497 e. The van der Waals surface area contributed by atoms with Gasteiger partial charge in [0.2, 0.25) is 0 Å². The summed E-state index contributed by atoms with van der Waals surface area (Å²) in [7, 11) is 1.67. The molecule has 5 heteroatoms. The van der Waals surface area contributed by atoms with E-state index in [2.05, 4.69) is 28.5 Å². The Labute approximate surface area is 183 Å². The number of hydrogen-bond donors (Lipinski definition) is 2. The smallest absolute Gasteiger partial charge is 0.126 e. The molecule has 0 aliphatic rings.